The summed E-state index contributed by atoms with van der Waals surface area (Å²) in [6.45, 7) is 2.33. The van der Waals surface area contributed by atoms with E-state index < -0.39 is 10.0 Å². The van der Waals surface area contributed by atoms with Crippen LogP contribution in [-0.4, -0.2) is 24.4 Å². The summed E-state index contributed by atoms with van der Waals surface area (Å²) in [7, 11) is -3.43. The first-order chi connectivity index (χ1) is 11.1. The SMILES string of the molecule is Cc1cc(CS(=O)(=O)N2CCCCC[C@@H]2c2ccccc2)no1. The molecule has 1 fully saturated rings. The number of aromatic nitrogens is 1. The third kappa shape index (κ3) is 3.82. The second-order valence-electron chi connectivity index (χ2n) is 6.07. The zero-order valence-electron chi connectivity index (χ0n) is 13.3. The van der Waals surface area contributed by atoms with Crippen molar-refractivity contribution < 1.29 is 12.9 Å². The summed E-state index contributed by atoms with van der Waals surface area (Å²) < 4.78 is 32.6. The van der Waals surface area contributed by atoms with E-state index in [0.717, 1.165) is 31.2 Å². The van der Waals surface area contributed by atoms with Crippen LogP contribution in [0.5, 0.6) is 0 Å². The van der Waals surface area contributed by atoms with E-state index in [1.165, 1.54) is 0 Å². The minimum Gasteiger partial charge on any atom is -0.361 e. The van der Waals surface area contributed by atoms with Crippen LogP contribution in [0.3, 0.4) is 0 Å². The minimum atomic E-state index is -3.43. The summed E-state index contributed by atoms with van der Waals surface area (Å²) in [4.78, 5) is 0. The molecule has 1 saturated heterocycles. The van der Waals surface area contributed by atoms with Crippen molar-refractivity contribution in [3.05, 3.63) is 53.4 Å². The van der Waals surface area contributed by atoms with Gasteiger partial charge in [-0.3, -0.25) is 0 Å². The molecule has 1 aliphatic heterocycles. The molecule has 5 nitrogen and oxygen atoms in total. The van der Waals surface area contributed by atoms with Gasteiger partial charge >= 0.3 is 0 Å². The van der Waals surface area contributed by atoms with Crippen LogP contribution in [0.4, 0.5) is 0 Å². The predicted octanol–water partition coefficient (Wildman–Crippen LogP) is 3.43. The zero-order chi connectivity index (χ0) is 16.3. The number of nitrogens with zero attached hydrogens (tertiary/aromatic N) is 2. The second kappa shape index (κ2) is 6.84. The van der Waals surface area contributed by atoms with E-state index in [1.807, 2.05) is 30.3 Å². The topological polar surface area (TPSA) is 63.4 Å². The van der Waals surface area contributed by atoms with E-state index in [2.05, 4.69) is 5.16 Å². The number of rotatable bonds is 4. The van der Waals surface area contributed by atoms with Crippen LogP contribution in [0.25, 0.3) is 0 Å². The number of hydrogen-bond donors (Lipinski definition) is 0. The molecule has 6 heteroatoms. The van der Waals surface area contributed by atoms with Crippen LogP contribution in [0.2, 0.25) is 0 Å². The average molecular weight is 334 g/mol. The maximum atomic E-state index is 12.9. The van der Waals surface area contributed by atoms with Crippen molar-refractivity contribution in [1.29, 1.82) is 0 Å². The Morgan fingerprint density at radius 1 is 1.22 bits per heavy atom. The molecule has 3 rings (SSSR count). The highest BCUT2D eigenvalue weighted by Gasteiger charge is 2.32. The first kappa shape index (κ1) is 16.2. The second-order valence-corrected chi connectivity index (χ2v) is 7.99. The summed E-state index contributed by atoms with van der Waals surface area (Å²) >= 11 is 0. The van der Waals surface area contributed by atoms with Crippen molar-refractivity contribution in [1.82, 2.24) is 9.46 Å². The summed E-state index contributed by atoms with van der Waals surface area (Å²) in [5, 5.41) is 3.84. The fourth-order valence-electron chi connectivity index (χ4n) is 3.18. The summed E-state index contributed by atoms with van der Waals surface area (Å²) in [6, 6.07) is 11.5. The van der Waals surface area contributed by atoms with Gasteiger partial charge in [-0.05, 0) is 25.3 Å². The van der Waals surface area contributed by atoms with Crippen LogP contribution in [-0.2, 0) is 15.8 Å². The fourth-order valence-corrected chi connectivity index (χ4v) is 4.88. The Kier molecular flexibility index (Phi) is 4.82. The van der Waals surface area contributed by atoms with Crippen molar-refractivity contribution in [2.75, 3.05) is 6.54 Å². The number of benzene rings is 1. The van der Waals surface area contributed by atoms with Gasteiger partial charge < -0.3 is 4.52 Å². The molecule has 0 N–H and O–H groups in total. The van der Waals surface area contributed by atoms with Gasteiger partial charge in [0.05, 0.1) is 0 Å². The molecule has 1 aliphatic rings. The first-order valence-electron chi connectivity index (χ1n) is 8.03. The summed E-state index contributed by atoms with van der Waals surface area (Å²) in [6.07, 6.45) is 3.88. The van der Waals surface area contributed by atoms with Gasteiger partial charge in [-0.25, -0.2) is 8.42 Å². The van der Waals surface area contributed by atoms with Crippen molar-refractivity contribution >= 4 is 10.0 Å². The molecule has 2 heterocycles. The Balaban J connectivity index is 1.89. The Morgan fingerprint density at radius 3 is 2.70 bits per heavy atom. The molecule has 0 radical (unpaired) electrons. The molecular formula is C17H22N2O3S. The molecule has 0 aliphatic carbocycles. The largest absolute Gasteiger partial charge is 0.361 e. The molecule has 1 atom stereocenters. The van der Waals surface area contributed by atoms with Crippen LogP contribution in [0.15, 0.2) is 40.9 Å². The Hall–Kier alpha value is -1.66. The highest BCUT2D eigenvalue weighted by Crippen LogP contribution is 2.33. The first-order valence-corrected chi connectivity index (χ1v) is 9.64. The fraction of sp³-hybridized carbons (Fsp3) is 0.471. The summed E-state index contributed by atoms with van der Waals surface area (Å²) in [5.74, 6) is 0.527. The van der Waals surface area contributed by atoms with Gasteiger partial charge in [-0.2, -0.15) is 4.31 Å². The molecule has 0 bridgehead atoms. The van der Waals surface area contributed by atoms with E-state index in [1.54, 1.807) is 17.3 Å². The third-order valence-electron chi connectivity index (χ3n) is 4.25. The highest BCUT2D eigenvalue weighted by molar-refractivity contribution is 7.88. The predicted molar refractivity (Wildman–Crippen MR) is 88.2 cm³/mol. The van der Waals surface area contributed by atoms with Crippen molar-refractivity contribution in [3.63, 3.8) is 0 Å². The number of aryl methyl sites for hydroxylation is 1. The Bertz CT molecular complexity index is 740. The van der Waals surface area contributed by atoms with E-state index in [0.29, 0.717) is 18.0 Å². The number of hydrogen-bond acceptors (Lipinski definition) is 4. The molecule has 1 aromatic heterocycles. The van der Waals surface area contributed by atoms with Gasteiger partial charge in [0.25, 0.3) is 0 Å². The molecule has 0 amide bonds. The average Bonchev–Trinajstić information content (AvgIpc) is 2.78. The van der Waals surface area contributed by atoms with Gasteiger partial charge in [-0.1, -0.05) is 48.3 Å². The standard InChI is InChI=1S/C17H22N2O3S/c1-14-12-16(18-22-14)13-23(20,21)19-11-7-3-6-10-17(19)15-8-4-2-5-9-15/h2,4-5,8-9,12,17H,3,6-7,10-11,13H2,1H3/t17-/m1/s1. The smallest absolute Gasteiger partial charge is 0.220 e. The highest BCUT2D eigenvalue weighted by atomic mass is 32.2. The number of sulfonamides is 1. The van der Waals surface area contributed by atoms with Gasteiger partial charge in [0.1, 0.15) is 17.2 Å². The summed E-state index contributed by atoms with van der Waals surface area (Å²) in [5.41, 5.74) is 1.54. The van der Waals surface area contributed by atoms with Gasteiger partial charge in [0.15, 0.2) is 0 Å². The monoisotopic (exact) mass is 334 g/mol. The quantitative estimate of drug-likeness (QED) is 0.859. The molecule has 0 spiro atoms. The van der Waals surface area contributed by atoms with Gasteiger partial charge in [0, 0.05) is 18.7 Å². The molecule has 0 unspecified atom stereocenters. The lowest BCUT2D eigenvalue weighted by Gasteiger charge is -2.29. The zero-order valence-corrected chi connectivity index (χ0v) is 14.1. The van der Waals surface area contributed by atoms with E-state index in [9.17, 15) is 8.42 Å². The van der Waals surface area contributed by atoms with Crippen molar-refractivity contribution in [2.24, 2.45) is 0 Å². The van der Waals surface area contributed by atoms with Crippen LogP contribution < -0.4 is 0 Å². The molecule has 2 aromatic rings. The van der Waals surface area contributed by atoms with E-state index in [4.69, 9.17) is 4.52 Å². The van der Waals surface area contributed by atoms with Crippen molar-refractivity contribution in [3.8, 4) is 0 Å². The molecule has 124 valence electrons. The Morgan fingerprint density at radius 2 is 2.00 bits per heavy atom. The van der Waals surface area contributed by atoms with Crippen LogP contribution in [0.1, 0.15) is 48.7 Å². The maximum Gasteiger partial charge on any atom is 0.220 e. The molecule has 0 saturated carbocycles. The van der Waals surface area contributed by atoms with Crippen LogP contribution in [0, 0.1) is 6.92 Å². The normalized spacial score (nSPS) is 20.3. The maximum absolute atomic E-state index is 12.9. The molecule has 23 heavy (non-hydrogen) atoms. The van der Waals surface area contributed by atoms with Crippen molar-refractivity contribution in [2.45, 2.75) is 44.4 Å². The van der Waals surface area contributed by atoms with Gasteiger partial charge in [-0.15, -0.1) is 0 Å². The third-order valence-corrected chi connectivity index (χ3v) is 6.06. The minimum absolute atomic E-state index is 0.0864. The van der Waals surface area contributed by atoms with Crippen LogP contribution >= 0.6 is 0 Å². The van der Waals surface area contributed by atoms with Gasteiger partial charge in [0.2, 0.25) is 10.0 Å². The lowest BCUT2D eigenvalue weighted by atomic mass is 10.0. The Labute approximate surface area is 137 Å². The molecular weight excluding hydrogens is 312 g/mol. The van der Waals surface area contributed by atoms with E-state index in [-0.39, 0.29) is 11.8 Å². The molecule has 1 aromatic carbocycles. The lowest BCUT2D eigenvalue weighted by Crippen LogP contribution is -2.35. The lowest BCUT2D eigenvalue weighted by molar-refractivity contribution is 0.327. The van der Waals surface area contributed by atoms with E-state index >= 15 is 0 Å².